The van der Waals surface area contributed by atoms with Crippen LogP contribution in [0.2, 0.25) is 0 Å². The standard InChI is InChI=1S/C21H33N5O2/c1-3-26-11-5-7-18(26)14-24-21(22-2)23-13-16-6-4-8-19(12-16)28-15-20(27)25-17-9-10-17/h4,6,8,12,17-18H,3,5,7,9-11,13-15H2,1-2H3,(H,25,27)(H2,22,23,24). The van der Waals surface area contributed by atoms with E-state index in [1.54, 1.807) is 7.05 Å². The van der Waals surface area contributed by atoms with Crippen molar-refractivity contribution >= 4 is 11.9 Å². The SMILES string of the molecule is CCN1CCCC1CNC(=NC)NCc1cccc(OCC(=O)NC2CC2)c1. The van der Waals surface area contributed by atoms with Crippen LogP contribution in [0.1, 0.15) is 38.2 Å². The van der Waals surface area contributed by atoms with Crippen molar-refractivity contribution in [2.45, 2.75) is 51.2 Å². The van der Waals surface area contributed by atoms with Gasteiger partial charge in [0.1, 0.15) is 5.75 Å². The molecule has 1 aromatic rings. The molecule has 1 saturated heterocycles. The third-order valence-corrected chi connectivity index (χ3v) is 5.30. The molecule has 3 rings (SSSR count). The fraction of sp³-hybridized carbons (Fsp3) is 0.619. The van der Waals surface area contributed by atoms with Gasteiger partial charge in [0.05, 0.1) is 0 Å². The second-order valence-electron chi connectivity index (χ2n) is 7.51. The summed E-state index contributed by atoms with van der Waals surface area (Å²) < 4.78 is 5.62. The molecule has 2 fully saturated rings. The maximum atomic E-state index is 11.8. The average molecular weight is 388 g/mol. The van der Waals surface area contributed by atoms with E-state index < -0.39 is 0 Å². The average Bonchev–Trinajstić information content (AvgIpc) is 3.41. The third-order valence-electron chi connectivity index (χ3n) is 5.30. The van der Waals surface area contributed by atoms with Gasteiger partial charge in [-0.25, -0.2) is 0 Å². The van der Waals surface area contributed by atoms with Crippen LogP contribution in [-0.2, 0) is 11.3 Å². The Morgan fingerprint density at radius 2 is 2.14 bits per heavy atom. The Morgan fingerprint density at radius 3 is 2.89 bits per heavy atom. The van der Waals surface area contributed by atoms with Crippen molar-refractivity contribution in [2.24, 2.45) is 4.99 Å². The molecule has 7 heteroatoms. The van der Waals surface area contributed by atoms with E-state index in [2.05, 4.69) is 32.8 Å². The molecule has 1 aromatic carbocycles. The van der Waals surface area contributed by atoms with E-state index in [1.807, 2.05) is 24.3 Å². The first-order valence-electron chi connectivity index (χ1n) is 10.4. The summed E-state index contributed by atoms with van der Waals surface area (Å²) in [5.74, 6) is 1.46. The Kier molecular flexibility index (Phi) is 7.54. The quantitative estimate of drug-likeness (QED) is 0.442. The summed E-state index contributed by atoms with van der Waals surface area (Å²) in [5, 5.41) is 9.72. The Bertz CT molecular complexity index is 675. The molecule has 1 heterocycles. The minimum Gasteiger partial charge on any atom is -0.484 e. The Labute approximate surface area is 167 Å². The number of hydrogen-bond acceptors (Lipinski definition) is 4. The first kappa shape index (κ1) is 20.5. The number of carbonyl (C=O) groups is 1. The predicted molar refractivity (Wildman–Crippen MR) is 112 cm³/mol. The van der Waals surface area contributed by atoms with Crippen LogP contribution in [0.15, 0.2) is 29.3 Å². The van der Waals surface area contributed by atoms with Crippen molar-refractivity contribution in [3.63, 3.8) is 0 Å². The van der Waals surface area contributed by atoms with E-state index >= 15 is 0 Å². The van der Waals surface area contributed by atoms with Crippen molar-refractivity contribution < 1.29 is 9.53 Å². The summed E-state index contributed by atoms with van der Waals surface area (Å²) in [6, 6.07) is 8.76. The number of benzene rings is 1. The number of nitrogens with zero attached hydrogens (tertiary/aromatic N) is 2. The van der Waals surface area contributed by atoms with Crippen LogP contribution in [0.4, 0.5) is 0 Å². The first-order valence-corrected chi connectivity index (χ1v) is 10.4. The lowest BCUT2D eigenvalue weighted by atomic mass is 10.2. The van der Waals surface area contributed by atoms with Gasteiger partial charge in [0, 0.05) is 32.2 Å². The Balaban J connectivity index is 1.41. The molecule has 1 amide bonds. The highest BCUT2D eigenvalue weighted by Gasteiger charge is 2.23. The number of hydrogen-bond donors (Lipinski definition) is 3. The molecule has 1 unspecified atom stereocenters. The number of likely N-dealkylation sites (tertiary alicyclic amines) is 1. The fourth-order valence-electron chi connectivity index (χ4n) is 3.55. The highest BCUT2D eigenvalue weighted by atomic mass is 16.5. The second kappa shape index (κ2) is 10.3. The molecule has 1 aliphatic carbocycles. The molecule has 28 heavy (non-hydrogen) atoms. The van der Waals surface area contributed by atoms with E-state index in [9.17, 15) is 4.79 Å². The third kappa shape index (κ3) is 6.41. The normalized spacial score (nSPS) is 20.1. The lowest BCUT2D eigenvalue weighted by Gasteiger charge is -2.24. The molecular weight excluding hydrogens is 354 g/mol. The van der Waals surface area contributed by atoms with Gasteiger partial charge in [-0.05, 0) is 56.5 Å². The predicted octanol–water partition coefficient (Wildman–Crippen LogP) is 1.49. The number of nitrogens with one attached hydrogen (secondary N) is 3. The van der Waals surface area contributed by atoms with Gasteiger partial charge in [0.25, 0.3) is 5.91 Å². The van der Waals surface area contributed by atoms with Crippen LogP contribution in [0, 0.1) is 0 Å². The summed E-state index contributed by atoms with van der Waals surface area (Å²) >= 11 is 0. The van der Waals surface area contributed by atoms with E-state index in [0.29, 0.717) is 24.4 Å². The van der Waals surface area contributed by atoms with E-state index in [-0.39, 0.29) is 12.5 Å². The van der Waals surface area contributed by atoms with Gasteiger partial charge in [-0.2, -0.15) is 0 Å². The molecule has 0 bridgehead atoms. The molecule has 1 atom stereocenters. The van der Waals surface area contributed by atoms with Crippen molar-refractivity contribution in [3.8, 4) is 5.75 Å². The van der Waals surface area contributed by atoms with Gasteiger partial charge in [-0.1, -0.05) is 19.1 Å². The lowest BCUT2D eigenvalue weighted by molar-refractivity contribution is -0.123. The number of amides is 1. The molecule has 0 aromatic heterocycles. The molecule has 0 spiro atoms. The van der Waals surface area contributed by atoms with Gasteiger partial charge in [-0.15, -0.1) is 0 Å². The maximum Gasteiger partial charge on any atom is 0.258 e. The number of ether oxygens (including phenoxy) is 1. The molecule has 0 radical (unpaired) electrons. The van der Waals surface area contributed by atoms with Crippen LogP contribution < -0.4 is 20.7 Å². The number of aliphatic imine (C=N–C) groups is 1. The monoisotopic (exact) mass is 387 g/mol. The van der Waals surface area contributed by atoms with Gasteiger partial charge < -0.3 is 20.7 Å². The van der Waals surface area contributed by atoms with Gasteiger partial charge in [-0.3, -0.25) is 14.7 Å². The molecule has 3 N–H and O–H groups in total. The number of guanidine groups is 1. The highest BCUT2D eigenvalue weighted by Crippen LogP contribution is 2.19. The van der Waals surface area contributed by atoms with Gasteiger partial charge in [0.15, 0.2) is 12.6 Å². The molecule has 154 valence electrons. The van der Waals surface area contributed by atoms with Crippen LogP contribution in [0.3, 0.4) is 0 Å². The van der Waals surface area contributed by atoms with Crippen LogP contribution in [0.5, 0.6) is 5.75 Å². The number of carbonyl (C=O) groups excluding carboxylic acids is 1. The van der Waals surface area contributed by atoms with Crippen LogP contribution in [0.25, 0.3) is 0 Å². The van der Waals surface area contributed by atoms with Gasteiger partial charge >= 0.3 is 0 Å². The minimum atomic E-state index is -0.0522. The zero-order chi connectivity index (χ0) is 19.8. The first-order chi connectivity index (χ1) is 13.7. The maximum absolute atomic E-state index is 11.8. The molecule has 2 aliphatic rings. The van der Waals surface area contributed by atoms with E-state index in [0.717, 1.165) is 37.5 Å². The second-order valence-corrected chi connectivity index (χ2v) is 7.51. The topological polar surface area (TPSA) is 78.0 Å². The highest BCUT2D eigenvalue weighted by molar-refractivity contribution is 5.79. The van der Waals surface area contributed by atoms with Crippen LogP contribution >= 0.6 is 0 Å². The van der Waals surface area contributed by atoms with E-state index in [1.165, 1.54) is 19.4 Å². The molecule has 1 saturated carbocycles. The summed E-state index contributed by atoms with van der Waals surface area (Å²) in [5.41, 5.74) is 1.08. The van der Waals surface area contributed by atoms with Crippen molar-refractivity contribution in [1.29, 1.82) is 0 Å². The zero-order valence-electron chi connectivity index (χ0n) is 17.0. The lowest BCUT2D eigenvalue weighted by Crippen LogP contribution is -2.44. The van der Waals surface area contributed by atoms with E-state index in [4.69, 9.17) is 4.74 Å². The summed E-state index contributed by atoms with van der Waals surface area (Å²) in [6.45, 7) is 6.13. The largest absolute Gasteiger partial charge is 0.484 e. The molecule has 7 nitrogen and oxygen atoms in total. The number of rotatable bonds is 9. The van der Waals surface area contributed by atoms with Gasteiger partial charge in [0.2, 0.25) is 0 Å². The number of likely N-dealkylation sites (N-methyl/N-ethyl adjacent to an activating group) is 1. The van der Waals surface area contributed by atoms with Crippen molar-refractivity contribution in [1.82, 2.24) is 20.9 Å². The molecule has 1 aliphatic heterocycles. The summed E-state index contributed by atoms with van der Waals surface area (Å²) in [7, 11) is 1.79. The Hall–Kier alpha value is -2.28. The summed E-state index contributed by atoms with van der Waals surface area (Å²) in [4.78, 5) is 18.6. The zero-order valence-corrected chi connectivity index (χ0v) is 17.0. The van der Waals surface area contributed by atoms with Crippen LogP contribution in [-0.4, -0.2) is 62.1 Å². The molecular formula is C21H33N5O2. The minimum absolute atomic E-state index is 0.0522. The summed E-state index contributed by atoms with van der Waals surface area (Å²) in [6.07, 6.45) is 4.68. The van der Waals surface area contributed by atoms with Crippen molar-refractivity contribution in [2.75, 3.05) is 33.3 Å². The Morgan fingerprint density at radius 1 is 1.29 bits per heavy atom. The fourth-order valence-corrected chi connectivity index (χ4v) is 3.55. The smallest absolute Gasteiger partial charge is 0.258 e. The van der Waals surface area contributed by atoms with Crippen molar-refractivity contribution in [3.05, 3.63) is 29.8 Å².